The molecule has 0 saturated carbocycles. The fourth-order valence-corrected chi connectivity index (χ4v) is 2.68. The van der Waals surface area contributed by atoms with E-state index in [0.29, 0.717) is 6.42 Å². The summed E-state index contributed by atoms with van der Waals surface area (Å²) in [5.41, 5.74) is 0.552. The summed E-state index contributed by atoms with van der Waals surface area (Å²) in [5, 5.41) is 0. The first kappa shape index (κ1) is 18.0. The van der Waals surface area contributed by atoms with E-state index in [9.17, 15) is 14.4 Å². The van der Waals surface area contributed by atoms with Crippen LogP contribution in [0.25, 0.3) is 0 Å². The van der Waals surface area contributed by atoms with Gasteiger partial charge in [-0.2, -0.15) is 0 Å². The summed E-state index contributed by atoms with van der Waals surface area (Å²) in [6.45, 7) is 7.16. The highest BCUT2D eigenvalue weighted by atomic mass is 16.6. The van der Waals surface area contributed by atoms with Gasteiger partial charge in [-0.1, -0.05) is 51.1 Å². The van der Waals surface area contributed by atoms with Crippen LogP contribution < -0.4 is 0 Å². The fourth-order valence-electron chi connectivity index (χ4n) is 2.68. The molecule has 1 aromatic carbocycles. The van der Waals surface area contributed by atoms with E-state index in [4.69, 9.17) is 9.47 Å². The van der Waals surface area contributed by atoms with Crippen molar-refractivity contribution in [1.82, 2.24) is 4.90 Å². The van der Waals surface area contributed by atoms with E-state index >= 15 is 0 Å². The van der Waals surface area contributed by atoms with Crippen molar-refractivity contribution < 1.29 is 23.9 Å². The average Bonchev–Trinajstić information content (AvgIpc) is 2.86. The Morgan fingerprint density at radius 2 is 1.92 bits per heavy atom. The van der Waals surface area contributed by atoms with Gasteiger partial charge in [0.25, 0.3) is 5.91 Å². The molecule has 1 fully saturated rings. The summed E-state index contributed by atoms with van der Waals surface area (Å²) < 4.78 is 10.3. The van der Waals surface area contributed by atoms with Gasteiger partial charge in [0.05, 0.1) is 0 Å². The maximum absolute atomic E-state index is 12.9. The predicted octanol–water partition coefficient (Wildman–Crippen LogP) is 3.07. The smallest absolute Gasteiger partial charge is 0.417 e. The van der Waals surface area contributed by atoms with E-state index in [1.165, 1.54) is 6.92 Å². The van der Waals surface area contributed by atoms with E-state index in [0.717, 1.165) is 10.5 Å². The third-order valence-corrected chi connectivity index (χ3v) is 3.68. The number of carbonyl (C=O) groups excluding carboxylic acids is 3. The molecule has 2 atom stereocenters. The Morgan fingerprint density at radius 3 is 2.46 bits per heavy atom. The zero-order valence-corrected chi connectivity index (χ0v) is 14.4. The highest BCUT2D eigenvalue weighted by molar-refractivity contribution is 5.96. The number of hydrogen-bond donors (Lipinski definition) is 0. The Hall–Kier alpha value is -2.37. The number of nitrogens with zero attached hydrogens (tertiary/aromatic N) is 1. The number of benzene rings is 1. The summed E-state index contributed by atoms with van der Waals surface area (Å²) >= 11 is 0. The minimum atomic E-state index is -1.01. The van der Waals surface area contributed by atoms with Gasteiger partial charge in [0.1, 0.15) is 12.6 Å². The molecule has 0 aliphatic carbocycles. The molecule has 0 bridgehead atoms. The monoisotopic (exact) mass is 333 g/mol. The van der Waals surface area contributed by atoms with Crippen LogP contribution in [0, 0.1) is 5.41 Å². The maximum atomic E-state index is 12.9. The Bertz CT molecular complexity index is 620. The molecule has 2 unspecified atom stereocenters. The standard InChI is InChI=1S/C18H23NO5/c1-12(20)24-15(10-18(2,3)4)16(21)19-14(11-23-17(19)22)13-8-6-5-7-9-13/h5-9,14-15H,10-11H2,1-4H3. The van der Waals surface area contributed by atoms with Gasteiger partial charge in [-0.25, -0.2) is 9.69 Å². The summed E-state index contributed by atoms with van der Waals surface area (Å²) in [7, 11) is 0. The van der Waals surface area contributed by atoms with Crippen LogP contribution in [0.2, 0.25) is 0 Å². The molecule has 1 aromatic rings. The molecule has 2 amide bonds. The Kier molecular flexibility index (Phi) is 5.26. The van der Waals surface area contributed by atoms with Crippen molar-refractivity contribution in [3.8, 4) is 0 Å². The summed E-state index contributed by atoms with van der Waals surface area (Å²) in [4.78, 5) is 37.4. The second-order valence-electron chi connectivity index (χ2n) is 7.07. The molecule has 1 aliphatic rings. The SMILES string of the molecule is CC(=O)OC(CC(C)(C)C)C(=O)N1C(=O)OCC1c1ccccc1. The number of carbonyl (C=O) groups is 3. The fraction of sp³-hybridized carbons (Fsp3) is 0.500. The first-order valence-electron chi connectivity index (χ1n) is 7.91. The summed E-state index contributed by atoms with van der Waals surface area (Å²) in [6, 6.07) is 8.67. The minimum absolute atomic E-state index is 0.0941. The van der Waals surface area contributed by atoms with Gasteiger partial charge in [-0.15, -0.1) is 0 Å². The molecule has 0 radical (unpaired) electrons. The normalized spacial score (nSPS) is 18.9. The molecule has 0 aromatic heterocycles. The molecule has 6 heteroatoms. The van der Waals surface area contributed by atoms with Crippen LogP contribution in [0.5, 0.6) is 0 Å². The largest absolute Gasteiger partial charge is 0.452 e. The number of imide groups is 1. The number of rotatable bonds is 4. The molecule has 6 nitrogen and oxygen atoms in total. The Balaban J connectivity index is 2.28. The van der Waals surface area contributed by atoms with Crippen LogP contribution in [-0.4, -0.2) is 35.6 Å². The average molecular weight is 333 g/mol. The third kappa shape index (κ3) is 4.34. The van der Waals surface area contributed by atoms with Gasteiger partial charge >= 0.3 is 12.1 Å². The number of esters is 1. The molecule has 0 N–H and O–H groups in total. The van der Waals surface area contributed by atoms with Crippen molar-refractivity contribution in [1.29, 1.82) is 0 Å². The molecular weight excluding hydrogens is 310 g/mol. The Morgan fingerprint density at radius 1 is 1.29 bits per heavy atom. The van der Waals surface area contributed by atoms with Gasteiger partial charge in [0.15, 0.2) is 6.10 Å². The molecule has 0 spiro atoms. The van der Waals surface area contributed by atoms with Gasteiger partial charge in [-0.3, -0.25) is 9.59 Å². The molecular formula is C18H23NO5. The highest BCUT2D eigenvalue weighted by Crippen LogP contribution is 2.31. The van der Waals surface area contributed by atoms with Crippen molar-refractivity contribution >= 4 is 18.0 Å². The quantitative estimate of drug-likeness (QED) is 0.792. The van der Waals surface area contributed by atoms with Crippen LogP contribution in [-0.2, 0) is 19.1 Å². The second-order valence-corrected chi connectivity index (χ2v) is 7.07. The number of hydrogen-bond acceptors (Lipinski definition) is 5. The number of cyclic esters (lactones) is 1. The molecule has 1 heterocycles. The van der Waals surface area contributed by atoms with E-state index in [-0.39, 0.29) is 12.0 Å². The lowest BCUT2D eigenvalue weighted by atomic mass is 9.88. The van der Waals surface area contributed by atoms with E-state index in [1.807, 2.05) is 51.1 Å². The van der Waals surface area contributed by atoms with Crippen LogP contribution >= 0.6 is 0 Å². The predicted molar refractivity (Wildman–Crippen MR) is 87.0 cm³/mol. The van der Waals surface area contributed by atoms with Crippen LogP contribution in [0.1, 0.15) is 45.7 Å². The van der Waals surface area contributed by atoms with Crippen LogP contribution in [0.3, 0.4) is 0 Å². The first-order valence-corrected chi connectivity index (χ1v) is 7.91. The highest BCUT2D eigenvalue weighted by Gasteiger charge is 2.43. The zero-order chi connectivity index (χ0) is 17.9. The lowest BCUT2D eigenvalue weighted by molar-refractivity contribution is -0.159. The van der Waals surface area contributed by atoms with Crippen LogP contribution in [0.15, 0.2) is 30.3 Å². The zero-order valence-electron chi connectivity index (χ0n) is 14.4. The van der Waals surface area contributed by atoms with E-state index < -0.39 is 30.1 Å². The van der Waals surface area contributed by atoms with Gasteiger partial charge < -0.3 is 9.47 Å². The minimum Gasteiger partial charge on any atom is -0.452 e. The topological polar surface area (TPSA) is 72.9 Å². The molecule has 24 heavy (non-hydrogen) atoms. The first-order chi connectivity index (χ1) is 11.2. The van der Waals surface area contributed by atoms with Gasteiger partial charge in [0.2, 0.25) is 0 Å². The maximum Gasteiger partial charge on any atom is 0.417 e. The number of amides is 2. The second kappa shape index (κ2) is 7.03. The summed E-state index contributed by atoms with van der Waals surface area (Å²) in [5.74, 6) is -1.10. The molecule has 1 saturated heterocycles. The van der Waals surface area contributed by atoms with Crippen molar-refractivity contribution in [2.75, 3.05) is 6.61 Å². The Labute approximate surface area is 141 Å². The van der Waals surface area contributed by atoms with Crippen molar-refractivity contribution in [2.45, 2.75) is 46.3 Å². The lowest BCUT2D eigenvalue weighted by Crippen LogP contribution is -2.44. The molecule has 130 valence electrons. The van der Waals surface area contributed by atoms with Crippen molar-refractivity contribution in [3.63, 3.8) is 0 Å². The van der Waals surface area contributed by atoms with Crippen molar-refractivity contribution in [2.24, 2.45) is 5.41 Å². The van der Waals surface area contributed by atoms with Crippen molar-refractivity contribution in [3.05, 3.63) is 35.9 Å². The number of ether oxygens (including phenoxy) is 2. The third-order valence-electron chi connectivity index (χ3n) is 3.68. The molecule has 1 aliphatic heterocycles. The summed E-state index contributed by atoms with van der Waals surface area (Å²) in [6.07, 6.45) is -1.41. The van der Waals surface area contributed by atoms with E-state index in [2.05, 4.69) is 0 Å². The van der Waals surface area contributed by atoms with Crippen LogP contribution in [0.4, 0.5) is 4.79 Å². The van der Waals surface area contributed by atoms with E-state index in [1.54, 1.807) is 0 Å². The van der Waals surface area contributed by atoms with Gasteiger partial charge in [0, 0.05) is 6.92 Å². The molecule has 2 rings (SSSR count). The van der Waals surface area contributed by atoms with Gasteiger partial charge in [-0.05, 0) is 17.4 Å². The lowest BCUT2D eigenvalue weighted by Gasteiger charge is -2.28.